The minimum atomic E-state index is -0.0316. The van der Waals surface area contributed by atoms with Gasteiger partial charge in [-0.1, -0.05) is 20.8 Å². The number of nitrogens with zero attached hydrogens (tertiary/aromatic N) is 6. The van der Waals surface area contributed by atoms with E-state index in [1.165, 1.54) is 0 Å². The molecule has 0 unspecified atom stereocenters. The highest BCUT2D eigenvalue weighted by Gasteiger charge is 2.28. The lowest BCUT2D eigenvalue weighted by molar-refractivity contribution is 0.0710. The van der Waals surface area contributed by atoms with Crippen molar-refractivity contribution in [1.29, 1.82) is 0 Å². The third-order valence-electron chi connectivity index (χ3n) is 4.95. The third-order valence-corrected chi connectivity index (χ3v) is 4.95. The van der Waals surface area contributed by atoms with Crippen LogP contribution in [0.2, 0.25) is 0 Å². The number of H-pyrrole nitrogens is 1. The molecule has 0 bridgehead atoms. The van der Waals surface area contributed by atoms with Crippen LogP contribution in [0.1, 0.15) is 61.4 Å². The van der Waals surface area contributed by atoms with Crippen LogP contribution in [0.4, 0.5) is 0 Å². The number of carbonyl (C=O) groups is 1. The topological polar surface area (TPSA) is 92.1 Å². The zero-order valence-corrected chi connectivity index (χ0v) is 15.3. The number of rotatable bonds is 2. The Morgan fingerprint density at radius 2 is 1.96 bits per heavy atom. The summed E-state index contributed by atoms with van der Waals surface area (Å²) in [5.74, 6) is 1.17. The molecule has 0 spiro atoms. The number of likely N-dealkylation sites (tertiary alicyclic amines) is 1. The summed E-state index contributed by atoms with van der Waals surface area (Å²) < 4.78 is 1.87. The van der Waals surface area contributed by atoms with Gasteiger partial charge in [0, 0.05) is 30.6 Å². The molecule has 8 heteroatoms. The van der Waals surface area contributed by atoms with Crippen LogP contribution in [0.3, 0.4) is 0 Å². The Labute approximate surface area is 151 Å². The number of fused-ring (bicyclic) bond motifs is 1. The molecule has 3 aromatic heterocycles. The minimum Gasteiger partial charge on any atom is -0.339 e. The van der Waals surface area contributed by atoms with E-state index in [9.17, 15) is 4.79 Å². The molecule has 8 nitrogen and oxygen atoms in total. The van der Waals surface area contributed by atoms with Crippen molar-refractivity contribution in [3.05, 3.63) is 41.6 Å². The predicted octanol–water partition coefficient (Wildman–Crippen LogP) is 2.16. The molecule has 4 rings (SSSR count). The second-order valence-corrected chi connectivity index (χ2v) is 7.85. The molecule has 1 saturated heterocycles. The molecule has 26 heavy (non-hydrogen) atoms. The molecule has 0 aliphatic carbocycles. The van der Waals surface area contributed by atoms with Crippen LogP contribution in [-0.4, -0.2) is 53.9 Å². The van der Waals surface area contributed by atoms with Crippen LogP contribution < -0.4 is 0 Å². The summed E-state index contributed by atoms with van der Waals surface area (Å²) >= 11 is 0. The summed E-state index contributed by atoms with van der Waals surface area (Å²) in [4.78, 5) is 14.3. The first-order valence-electron chi connectivity index (χ1n) is 8.94. The Balaban J connectivity index is 1.53. The summed E-state index contributed by atoms with van der Waals surface area (Å²) in [5.41, 5.74) is 2.35. The fraction of sp³-hybridized carbons (Fsp3) is 0.500. The van der Waals surface area contributed by atoms with Gasteiger partial charge < -0.3 is 4.90 Å². The van der Waals surface area contributed by atoms with E-state index < -0.39 is 0 Å². The van der Waals surface area contributed by atoms with E-state index in [1.54, 1.807) is 12.4 Å². The summed E-state index contributed by atoms with van der Waals surface area (Å²) in [5, 5.41) is 20.0. The zero-order chi connectivity index (χ0) is 18.3. The highest BCUT2D eigenvalue weighted by molar-refractivity contribution is 5.93. The summed E-state index contributed by atoms with van der Waals surface area (Å²) in [6.07, 6.45) is 4.91. The lowest BCUT2D eigenvalue weighted by atomic mass is 9.92. The Bertz CT molecular complexity index is 915. The van der Waals surface area contributed by atoms with Gasteiger partial charge in [-0.25, -0.2) is 0 Å². The summed E-state index contributed by atoms with van der Waals surface area (Å²) in [7, 11) is 0. The van der Waals surface area contributed by atoms with Crippen LogP contribution in [0, 0.1) is 0 Å². The molecule has 0 radical (unpaired) electrons. The Morgan fingerprint density at radius 3 is 2.62 bits per heavy atom. The first-order valence-corrected chi connectivity index (χ1v) is 8.94. The molecular weight excluding hydrogens is 330 g/mol. The van der Waals surface area contributed by atoms with Gasteiger partial charge in [0.1, 0.15) is 0 Å². The number of nitrogens with one attached hydrogen (secondary N) is 1. The van der Waals surface area contributed by atoms with Crippen molar-refractivity contribution in [2.75, 3.05) is 13.1 Å². The van der Waals surface area contributed by atoms with E-state index >= 15 is 0 Å². The number of hydrogen-bond donors (Lipinski definition) is 1. The van der Waals surface area contributed by atoms with Crippen LogP contribution >= 0.6 is 0 Å². The maximum absolute atomic E-state index is 12.4. The van der Waals surface area contributed by atoms with Crippen molar-refractivity contribution in [1.82, 2.24) is 34.9 Å². The number of carbonyl (C=O) groups excluding carboxylic acids is 1. The van der Waals surface area contributed by atoms with Gasteiger partial charge in [-0.3, -0.25) is 9.89 Å². The van der Waals surface area contributed by atoms with E-state index in [0.29, 0.717) is 18.7 Å². The Morgan fingerprint density at radius 1 is 1.19 bits per heavy atom. The fourth-order valence-corrected chi connectivity index (χ4v) is 3.35. The molecule has 1 amide bonds. The molecule has 3 aromatic rings. The summed E-state index contributed by atoms with van der Waals surface area (Å²) in [6.45, 7) is 7.83. The average Bonchev–Trinajstić information content (AvgIpc) is 3.30. The van der Waals surface area contributed by atoms with E-state index in [-0.39, 0.29) is 17.2 Å². The van der Waals surface area contributed by atoms with E-state index in [0.717, 1.165) is 30.0 Å². The van der Waals surface area contributed by atoms with Crippen molar-refractivity contribution in [3.8, 4) is 0 Å². The maximum atomic E-state index is 12.4. The van der Waals surface area contributed by atoms with Crippen LogP contribution in [0.15, 0.2) is 24.5 Å². The molecule has 136 valence electrons. The monoisotopic (exact) mass is 353 g/mol. The van der Waals surface area contributed by atoms with E-state index in [2.05, 4.69) is 41.2 Å². The van der Waals surface area contributed by atoms with Gasteiger partial charge in [0.25, 0.3) is 5.91 Å². The molecule has 1 fully saturated rings. The fourth-order valence-electron chi connectivity index (χ4n) is 3.35. The molecular formula is C18H23N7O. The van der Waals surface area contributed by atoms with Crippen molar-refractivity contribution in [3.63, 3.8) is 0 Å². The van der Waals surface area contributed by atoms with Gasteiger partial charge in [-0.15, -0.1) is 10.2 Å². The molecule has 1 N–H and O–H groups in total. The lowest BCUT2D eigenvalue weighted by Gasteiger charge is -2.30. The molecule has 0 aromatic carbocycles. The smallest absolute Gasteiger partial charge is 0.257 e. The first kappa shape index (κ1) is 16.7. The van der Waals surface area contributed by atoms with Gasteiger partial charge in [0.2, 0.25) is 0 Å². The van der Waals surface area contributed by atoms with Crippen LogP contribution in [0.25, 0.3) is 5.65 Å². The lowest BCUT2D eigenvalue weighted by Crippen LogP contribution is -2.38. The predicted molar refractivity (Wildman–Crippen MR) is 95.9 cm³/mol. The SMILES string of the molecule is CC(C)(C)c1ccc2nnc(C3CCN(C(=O)c4cn[nH]c4)CC3)n2n1. The minimum absolute atomic E-state index is 0.0245. The number of piperidine rings is 1. The van der Waals surface area contributed by atoms with Crippen molar-refractivity contribution < 1.29 is 4.79 Å². The maximum Gasteiger partial charge on any atom is 0.257 e. The van der Waals surface area contributed by atoms with E-state index in [1.807, 2.05) is 21.5 Å². The second kappa shape index (κ2) is 6.19. The Hall–Kier alpha value is -2.77. The van der Waals surface area contributed by atoms with E-state index in [4.69, 9.17) is 5.10 Å². The highest BCUT2D eigenvalue weighted by Crippen LogP contribution is 2.28. The van der Waals surface area contributed by atoms with Gasteiger partial charge in [0.15, 0.2) is 11.5 Å². The normalized spacial score (nSPS) is 16.3. The van der Waals surface area contributed by atoms with Crippen molar-refractivity contribution >= 4 is 11.6 Å². The second-order valence-electron chi connectivity index (χ2n) is 7.85. The molecule has 0 atom stereocenters. The quantitative estimate of drug-likeness (QED) is 0.762. The number of aromatic amines is 1. The molecule has 4 heterocycles. The van der Waals surface area contributed by atoms with Crippen molar-refractivity contribution in [2.45, 2.75) is 44.9 Å². The van der Waals surface area contributed by atoms with Gasteiger partial charge >= 0.3 is 0 Å². The third kappa shape index (κ3) is 2.95. The number of aromatic nitrogens is 6. The number of amides is 1. The van der Waals surface area contributed by atoms with Gasteiger partial charge in [0.05, 0.1) is 17.5 Å². The summed E-state index contributed by atoms with van der Waals surface area (Å²) in [6, 6.07) is 3.99. The standard InChI is InChI=1S/C18H23N7O/c1-18(2,3)14-4-5-15-21-22-16(25(15)23-14)12-6-8-24(9-7-12)17(26)13-10-19-20-11-13/h4-5,10-12H,6-9H2,1-3H3,(H,19,20). The first-order chi connectivity index (χ1) is 12.4. The largest absolute Gasteiger partial charge is 0.339 e. The van der Waals surface area contributed by atoms with Crippen LogP contribution in [0.5, 0.6) is 0 Å². The molecule has 1 aliphatic heterocycles. The van der Waals surface area contributed by atoms with Gasteiger partial charge in [-0.2, -0.15) is 14.7 Å². The average molecular weight is 353 g/mol. The zero-order valence-electron chi connectivity index (χ0n) is 15.3. The van der Waals surface area contributed by atoms with Gasteiger partial charge in [-0.05, 0) is 25.0 Å². The highest BCUT2D eigenvalue weighted by atomic mass is 16.2. The molecule has 0 saturated carbocycles. The number of hydrogen-bond acceptors (Lipinski definition) is 5. The van der Waals surface area contributed by atoms with Crippen LogP contribution in [-0.2, 0) is 5.41 Å². The Kier molecular flexibility index (Phi) is 3.97. The van der Waals surface area contributed by atoms with Crippen molar-refractivity contribution in [2.24, 2.45) is 0 Å². The molecule has 1 aliphatic rings.